The van der Waals surface area contributed by atoms with Crippen LogP contribution in [0.3, 0.4) is 0 Å². The van der Waals surface area contributed by atoms with Crippen molar-refractivity contribution in [2.45, 2.75) is 26.4 Å². The molecule has 3 aromatic carbocycles. The van der Waals surface area contributed by atoms with Crippen LogP contribution in [0.4, 0.5) is 5.00 Å². The number of benzene rings is 3. The molecule has 1 amide bonds. The minimum atomic E-state index is -0.0748. The van der Waals surface area contributed by atoms with Crippen molar-refractivity contribution in [1.29, 1.82) is 0 Å². The number of anilines is 1. The molecule has 5 nitrogen and oxygen atoms in total. The number of carbonyl (C=O) groups is 1. The second-order valence-corrected chi connectivity index (χ2v) is 11.0. The van der Waals surface area contributed by atoms with Crippen molar-refractivity contribution in [2.24, 2.45) is 0 Å². The van der Waals surface area contributed by atoms with Crippen LogP contribution in [0.2, 0.25) is 0 Å². The molecule has 1 saturated heterocycles. The summed E-state index contributed by atoms with van der Waals surface area (Å²) in [4.78, 5) is 19.5. The van der Waals surface area contributed by atoms with Crippen LogP contribution in [-0.2, 0) is 6.54 Å². The van der Waals surface area contributed by atoms with E-state index in [0.717, 1.165) is 43.5 Å². The second-order valence-electron chi connectivity index (χ2n) is 9.82. The molecule has 5 rings (SSSR count). The van der Waals surface area contributed by atoms with E-state index >= 15 is 0 Å². The minimum Gasteiger partial charge on any atom is -0.497 e. The molecule has 1 aliphatic rings. The molecular weight excluding hydrogens is 490 g/mol. The Morgan fingerprint density at radius 2 is 1.53 bits per heavy atom. The highest BCUT2D eigenvalue weighted by molar-refractivity contribution is 7.16. The van der Waals surface area contributed by atoms with Gasteiger partial charge in [0.15, 0.2) is 0 Å². The zero-order valence-electron chi connectivity index (χ0n) is 22.3. The Morgan fingerprint density at radius 3 is 2.16 bits per heavy atom. The lowest BCUT2D eigenvalue weighted by Gasteiger charge is -2.40. The molecule has 2 heterocycles. The normalized spacial score (nSPS) is 15.2. The molecule has 0 radical (unpaired) electrons. The van der Waals surface area contributed by atoms with Crippen molar-refractivity contribution in [3.8, 4) is 5.75 Å². The standard InChI is InChI=1S/C32H35N3O2S/c1-23-24(2)38-32(33-31(36)27-12-8-5-9-13-27)29(23)30(26-14-16-28(37-3)17-15-26)35-20-18-34(19-21-35)22-25-10-6-4-7-11-25/h4-17,30H,18-22H2,1-3H3,(H,33,36). The summed E-state index contributed by atoms with van der Waals surface area (Å²) in [5.74, 6) is 0.769. The lowest BCUT2D eigenvalue weighted by atomic mass is 9.94. The Kier molecular flexibility index (Phi) is 8.23. The van der Waals surface area contributed by atoms with E-state index in [2.05, 4.69) is 71.4 Å². The Labute approximate surface area is 229 Å². The first kappa shape index (κ1) is 26.2. The van der Waals surface area contributed by atoms with Gasteiger partial charge in [0, 0.05) is 48.7 Å². The highest BCUT2D eigenvalue weighted by Gasteiger charge is 2.31. The number of carbonyl (C=O) groups excluding carboxylic acids is 1. The van der Waals surface area contributed by atoms with Gasteiger partial charge in [-0.2, -0.15) is 0 Å². The molecule has 0 spiro atoms. The molecule has 1 aromatic heterocycles. The van der Waals surface area contributed by atoms with E-state index in [1.807, 2.05) is 42.5 Å². The minimum absolute atomic E-state index is 0.0378. The molecular formula is C32H35N3O2S. The van der Waals surface area contributed by atoms with Crippen molar-refractivity contribution < 1.29 is 9.53 Å². The van der Waals surface area contributed by atoms with Crippen LogP contribution >= 0.6 is 11.3 Å². The van der Waals surface area contributed by atoms with Crippen LogP contribution in [0, 0.1) is 13.8 Å². The number of methoxy groups -OCH3 is 1. The van der Waals surface area contributed by atoms with Gasteiger partial charge in [0.2, 0.25) is 0 Å². The second kappa shape index (κ2) is 11.9. The predicted octanol–water partition coefficient (Wildman–Crippen LogP) is 6.53. The lowest BCUT2D eigenvalue weighted by Crippen LogP contribution is -2.47. The van der Waals surface area contributed by atoms with Gasteiger partial charge >= 0.3 is 0 Å². The fourth-order valence-electron chi connectivity index (χ4n) is 5.20. The summed E-state index contributed by atoms with van der Waals surface area (Å²) < 4.78 is 5.45. The van der Waals surface area contributed by atoms with Crippen molar-refractivity contribution in [3.63, 3.8) is 0 Å². The van der Waals surface area contributed by atoms with Gasteiger partial charge in [0.1, 0.15) is 10.8 Å². The van der Waals surface area contributed by atoms with Crippen LogP contribution in [0.1, 0.15) is 43.5 Å². The van der Waals surface area contributed by atoms with Crippen molar-refractivity contribution in [2.75, 3.05) is 38.6 Å². The molecule has 1 aliphatic heterocycles. The zero-order chi connectivity index (χ0) is 26.5. The molecule has 1 N–H and O–H groups in total. The summed E-state index contributed by atoms with van der Waals surface area (Å²) >= 11 is 1.67. The summed E-state index contributed by atoms with van der Waals surface area (Å²) in [6, 6.07) is 28.6. The fourth-order valence-corrected chi connectivity index (χ4v) is 6.29. The largest absolute Gasteiger partial charge is 0.497 e. The highest BCUT2D eigenvalue weighted by atomic mass is 32.1. The molecule has 4 aromatic rings. The van der Waals surface area contributed by atoms with Gasteiger partial charge in [-0.3, -0.25) is 14.6 Å². The number of rotatable bonds is 8. The number of hydrogen-bond acceptors (Lipinski definition) is 5. The summed E-state index contributed by atoms with van der Waals surface area (Å²) in [5, 5.41) is 4.19. The van der Waals surface area contributed by atoms with E-state index in [1.165, 1.54) is 27.1 Å². The quantitative estimate of drug-likeness (QED) is 0.284. The van der Waals surface area contributed by atoms with Gasteiger partial charge in [-0.1, -0.05) is 60.7 Å². The molecule has 0 aliphatic carbocycles. The van der Waals surface area contributed by atoms with Crippen LogP contribution in [0.15, 0.2) is 84.9 Å². The number of amides is 1. The Hall–Kier alpha value is -3.45. The zero-order valence-corrected chi connectivity index (χ0v) is 23.1. The third-order valence-electron chi connectivity index (χ3n) is 7.42. The monoisotopic (exact) mass is 525 g/mol. The van der Waals surface area contributed by atoms with E-state index in [0.29, 0.717) is 5.56 Å². The van der Waals surface area contributed by atoms with E-state index < -0.39 is 0 Å². The molecule has 38 heavy (non-hydrogen) atoms. The first-order valence-electron chi connectivity index (χ1n) is 13.1. The average Bonchev–Trinajstić information content (AvgIpc) is 3.23. The van der Waals surface area contributed by atoms with Gasteiger partial charge in [-0.15, -0.1) is 11.3 Å². The number of nitrogens with one attached hydrogen (secondary N) is 1. The molecule has 1 fully saturated rings. The van der Waals surface area contributed by atoms with Crippen LogP contribution in [0.5, 0.6) is 5.75 Å². The maximum atomic E-state index is 13.2. The highest BCUT2D eigenvalue weighted by Crippen LogP contribution is 2.43. The third kappa shape index (κ3) is 5.83. The van der Waals surface area contributed by atoms with Gasteiger partial charge in [0.05, 0.1) is 13.2 Å². The van der Waals surface area contributed by atoms with E-state index in [1.54, 1.807) is 18.4 Å². The van der Waals surface area contributed by atoms with Crippen LogP contribution in [-0.4, -0.2) is 49.0 Å². The van der Waals surface area contributed by atoms with E-state index in [9.17, 15) is 4.79 Å². The summed E-state index contributed by atoms with van der Waals surface area (Å²) in [5.41, 5.74) is 5.66. The maximum absolute atomic E-state index is 13.2. The van der Waals surface area contributed by atoms with E-state index in [-0.39, 0.29) is 11.9 Å². The van der Waals surface area contributed by atoms with Gasteiger partial charge in [0.25, 0.3) is 5.91 Å². The number of aryl methyl sites for hydroxylation is 1. The molecule has 196 valence electrons. The van der Waals surface area contributed by atoms with Crippen molar-refractivity contribution in [1.82, 2.24) is 9.80 Å². The Bertz CT molecular complexity index is 1340. The van der Waals surface area contributed by atoms with Gasteiger partial charge < -0.3 is 10.1 Å². The fraction of sp³-hybridized carbons (Fsp3) is 0.281. The summed E-state index contributed by atoms with van der Waals surface area (Å²) in [6.07, 6.45) is 0. The summed E-state index contributed by atoms with van der Waals surface area (Å²) in [7, 11) is 1.70. The topological polar surface area (TPSA) is 44.8 Å². The molecule has 6 heteroatoms. The average molecular weight is 526 g/mol. The molecule has 1 unspecified atom stereocenters. The molecule has 1 atom stereocenters. The van der Waals surface area contributed by atoms with Gasteiger partial charge in [-0.25, -0.2) is 0 Å². The molecule has 0 saturated carbocycles. The lowest BCUT2D eigenvalue weighted by molar-refractivity contribution is 0.102. The van der Waals surface area contributed by atoms with Crippen LogP contribution < -0.4 is 10.1 Å². The number of nitrogens with zero attached hydrogens (tertiary/aromatic N) is 2. The van der Waals surface area contributed by atoms with Crippen molar-refractivity contribution in [3.05, 3.63) is 118 Å². The third-order valence-corrected chi connectivity index (χ3v) is 8.56. The number of thiophene rings is 1. The van der Waals surface area contributed by atoms with Crippen LogP contribution in [0.25, 0.3) is 0 Å². The number of piperazine rings is 1. The SMILES string of the molecule is COc1ccc(C(c2c(NC(=O)c3ccccc3)sc(C)c2C)N2CCN(Cc3ccccc3)CC2)cc1. The Balaban J connectivity index is 1.45. The first-order chi connectivity index (χ1) is 18.5. The predicted molar refractivity (Wildman–Crippen MR) is 156 cm³/mol. The van der Waals surface area contributed by atoms with Crippen molar-refractivity contribution >= 4 is 22.2 Å². The number of ether oxygens (including phenoxy) is 1. The summed E-state index contributed by atoms with van der Waals surface area (Å²) in [6.45, 7) is 9.18. The smallest absolute Gasteiger partial charge is 0.256 e. The van der Waals surface area contributed by atoms with E-state index in [4.69, 9.17) is 4.74 Å². The number of hydrogen-bond donors (Lipinski definition) is 1. The van der Waals surface area contributed by atoms with Gasteiger partial charge in [-0.05, 0) is 54.8 Å². The molecule has 0 bridgehead atoms. The maximum Gasteiger partial charge on any atom is 0.256 e. The Morgan fingerprint density at radius 1 is 0.895 bits per heavy atom. The first-order valence-corrected chi connectivity index (χ1v) is 14.0.